The van der Waals surface area contributed by atoms with Crippen molar-refractivity contribution >= 4 is 0 Å². The summed E-state index contributed by atoms with van der Waals surface area (Å²) in [6.07, 6.45) is 10.8. The highest BCUT2D eigenvalue weighted by Gasteiger charge is 2.08. The second-order valence-electron chi connectivity index (χ2n) is 6.55. The number of aromatic nitrogens is 6. The molecule has 6 nitrogen and oxygen atoms in total. The lowest BCUT2D eigenvalue weighted by Gasteiger charge is -2.08. The second kappa shape index (κ2) is 7.95. The maximum Gasteiger partial charge on any atom is 0.112 e. The molecule has 0 saturated carbocycles. The maximum atomic E-state index is 4.54. The summed E-state index contributed by atoms with van der Waals surface area (Å²) in [4.78, 5) is 8.99. The molecule has 6 heteroatoms. The Bertz CT molecular complexity index is 1000. The average molecular weight is 358 g/mol. The number of pyridine rings is 1. The molecule has 0 fully saturated rings. The van der Waals surface area contributed by atoms with Crippen LogP contribution in [0.15, 0.2) is 61.3 Å². The smallest absolute Gasteiger partial charge is 0.112 e. The molecule has 27 heavy (non-hydrogen) atoms. The normalized spacial score (nSPS) is 11.0. The third kappa shape index (κ3) is 3.95. The van der Waals surface area contributed by atoms with Crippen molar-refractivity contribution in [3.63, 3.8) is 0 Å². The highest BCUT2D eigenvalue weighted by Crippen LogP contribution is 2.21. The molecule has 0 amide bonds. The zero-order valence-corrected chi connectivity index (χ0v) is 15.3. The van der Waals surface area contributed by atoms with Gasteiger partial charge in [0.1, 0.15) is 11.4 Å². The third-order valence-electron chi connectivity index (χ3n) is 4.65. The lowest BCUT2D eigenvalue weighted by molar-refractivity contribution is 0.690. The monoisotopic (exact) mass is 358 g/mol. The molecule has 0 radical (unpaired) electrons. The summed E-state index contributed by atoms with van der Waals surface area (Å²) >= 11 is 0. The number of hydrogen-bond donors (Lipinski definition) is 1. The first-order valence-electron chi connectivity index (χ1n) is 9.25. The van der Waals surface area contributed by atoms with E-state index in [0.717, 1.165) is 42.0 Å². The SMILES string of the molecule is CCCc1ccccc1CCn1cnc(-c2cc(-c3c[nH]nn3)ccn2)c1. The molecule has 4 aromatic rings. The zero-order chi connectivity index (χ0) is 18.5. The van der Waals surface area contributed by atoms with Gasteiger partial charge >= 0.3 is 0 Å². The van der Waals surface area contributed by atoms with Gasteiger partial charge in [-0.1, -0.05) is 42.8 Å². The lowest BCUT2D eigenvalue weighted by atomic mass is 10.0. The van der Waals surface area contributed by atoms with E-state index in [2.05, 4.69) is 67.3 Å². The van der Waals surface area contributed by atoms with Crippen LogP contribution in [0.4, 0.5) is 0 Å². The molecule has 136 valence electrons. The van der Waals surface area contributed by atoms with Gasteiger partial charge in [-0.3, -0.25) is 10.1 Å². The number of imidazole rings is 1. The number of aryl methyl sites for hydroxylation is 3. The molecule has 0 bridgehead atoms. The predicted octanol–water partition coefficient (Wildman–Crippen LogP) is 3.93. The Kier molecular flexibility index (Phi) is 5.05. The number of nitrogens with one attached hydrogen (secondary N) is 1. The van der Waals surface area contributed by atoms with Crippen LogP contribution in [-0.4, -0.2) is 29.9 Å². The fourth-order valence-corrected chi connectivity index (χ4v) is 3.25. The second-order valence-corrected chi connectivity index (χ2v) is 6.55. The Morgan fingerprint density at radius 2 is 1.81 bits per heavy atom. The summed E-state index contributed by atoms with van der Waals surface area (Å²) in [6, 6.07) is 12.6. The molecule has 0 spiro atoms. The van der Waals surface area contributed by atoms with E-state index in [-0.39, 0.29) is 0 Å². The fraction of sp³-hybridized carbons (Fsp3) is 0.238. The molecule has 1 aromatic carbocycles. The topological polar surface area (TPSA) is 72.3 Å². The summed E-state index contributed by atoms with van der Waals surface area (Å²) in [5.74, 6) is 0. The number of rotatable bonds is 7. The Labute approximate surface area is 158 Å². The Morgan fingerprint density at radius 1 is 0.963 bits per heavy atom. The van der Waals surface area contributed by atoms with Crippen LogP contribution >= 0.6 is 0 Å². The van der Waals surface area contributed by atoms with Crippen LogP contribution in [0.5, 0.6) is 0 Å². The van der Waals surface area contributed by atoms with Crippen LogP contribution in [0.25, 0.3) is 22.6 Å². The number of hydrogen-bond acceptors (Lipinski definition) is 4. The molecule has 0 aliphatic carbocycles. The van der Waals surface area contributed by atoms with Gasteiger partial charge in [0.25, 0.3) is 0 Å². The van der Waals surface area contributed by atoms with Crippen LogP contribution in [-0.2, 0) is 19.4 Å². The summed E-state index contributed by atoms with van der Waals surface area (Å²) in [6.45, 7) is 3.12. The van der Waals surface area contributed by atoms with Gasteiger partial charge < -0.3 is 4.57 Å². The largest absolute Gasteiger partial charge is 0.336 e. The molecule has 0 aliphatic heterocycles. The van der Waals surface area contributed by atoms with Gasteiger partial charge in [-0.2, -0.15) is 0 Å². The standard InChI is InChI=1S/C21H22N6/c1-2-5-16-6-3-4-7-17(16)9-11-27-14-21(23-15-27)19-12-18(8-10-22-19)20-13-24-26-25-20/h3-4,6-8,10,12-15H,2,5,9,11H2,1H3,(H,24,25,26). The first-order valence-corrected chi connectivity index (χ1v) is 9.25. The van der Waals surface area contributed by atoms with Crippen molar-refractivity contribution in [1.82, 2.24) is 29.9 Å². The van der Waals surface area contributed by atoms with E-state index in [4.69, 9.17) is 0 Å². The Morgan fingerprint density at radius 3 is 2.59 bits per heavy atom. The highest BCUT2D eigenvalue weighted by molar-refractivity contribution is 5.65. The molecule has 3 heterocycles. The molecule has 3 aromatic heterocycles. The molecule has 0 unspecified atom stereocenters. The van der Waals surface area contributed by atoms with Crippen molar-refractivity contribution in [3.8, 4) is 22.6 Å². The summed E-state index contributed by atoms with van der Waals surface area (Å²) in [5.41, 5.74) is 6.33. The molecule has 4 rings (SSSR count). The lowest BCUT2D eigenvalue weighted by Crippen LogP contribution is -2.01. The molecule has 0 aliphatic rings. The fourth-order valence-electron chi connectivity index (χ4n) is 3.25. The Balaban J connectivity index is 1.49. The van der Waals surface area contributed by atoms with E-state index in [1.54, 1.807) is 12.4 Å². The van der Waals surface area contributed by atoms with E-state index in [1.807, 2.05) is 18.5 Å². The average Bonchev–Trinajstić information content (AvgIpc) is 3.40. The zero-order valence-electron chi connectivity index (χ0n) is 15.3. The summed E-state index contributed by atoms with van der Waals surface area (Å²) in [5, 5.41) is 10.6. The first-order chi connectivity index (χ1) is 13.3. The van der Waals surface area contributed by atoms with Gasteiger partial charge in [-0.05, 0) is 36.1 Å². The highest BCUT2D eigenvalue weighted by atomic mass is 15.3. The van der Waals surface area contributed by atoms with Crippen LogP contribution in [0.2, 0.25) is 0 Å². The van der Waals surface area contributed by atoms with Crippen LogP contribution in [0.3, 0.4) is 0 Å². The van der Waals surface area contributed by atoms with Gasteiger partial charge in [-0.25, -0.2) is 4.98 Å². The summed E-state index contributed by atoms with van der Waals surface area (Å²) < 4.78 is 2.13. The van der Waals surface area contributed by atoms with Gasteiger partial charge in [0.2, 0.25) is 0 Å². The van der Waals surface area contributed by atoms with Gasteiger partial charge in [-0.15, -0.1) is 5.10 Å². The van der Waals surface area contributed by atoms with E-state index in [0.29, 0.717) is 0 Å². The van der Waals surface area contributed by atoms with Gasteiger partial charge in [0.05, 0.1) is 12.0 Å². The van der Waals surface area contributed by atoms with Crippen molar-refractivity contribution < 1.29 is 0 Å². The van der Waals surface area contributed by atoms with Crippen molar-refractivity contribution in [2.45, 2.75) is 32.7 Å². The molecule has 1 N–H and O–H groups in total. The van der Waals surface area contributed by atoms with Crippen molar-refractivity contribution in [1.29, 1.82) is 0 Å². The Hall–Kier alpha value is -3.28. The van der Waals surface area contributed by atoms with E-state index < -0.39 is 0 Å². The number of nitrogens with zero attached hydrogens (tertiary/aromatic N) is 5. The van der Waals surface area contributed by atoms with Crippen LogP contribution in [0.1, 0.15) is 24.5 Å². The number of benzene rings is 1. The third-order valence-corrected chi connectivity index (χ3v) is 4.65. The molecular formula is C21H22N6. The quantitative estimate of drug-likeness (QED) is 0.543. The first kappa shape index (κ1) is 17.1. The van der Waals surface area contributed by atoms with Gasteiger partial charge in [0, 0.05) is 30.7 Å². The van der Waals surface area contributed by atoms with Crippen molar-refractivity contribution in [2.24, 2.45) is 0 Å². The maximum absolute atomic E-state index is 4.54. The van der Waals surface area contributed by atoms with E-state index in [1.165, 1.54) is 17.5 Å². The predicted molar refractivity (Wildman–Crippen MR) is 105 cm³/mol. The van der Waals surface area contributed by atoms with Crippen molar-refractivity contribution in [3.05, 3.63) is 72.4 Å². The number of H-pyrrole nitrogens is 1. The molecular weight excluding hydrogens is 336 g/mol. The van der Waals surface area contributed by atoms with Crippen LogP contribution < -0.4 is 0 Å². The van der Waals surface area contributed by atoms with E-state index in [9.17, 15) is 0 Å². The minimum absolute atomic E-state index is 0.797. The van der Waals surface area contributed by atoms with Gasteiger partial charge in [0.15, 0.2) is 0 Å². The molecule has 0 atom stereocenters. The van der Waals surface area contributed by atoms with E-state index >= 15 is 0 Å². The van der Waals surface area contributed by atoms with Crippen LogP contribution in [0, 0.1) is 0 Å². The minimum Gasteiger partial charge on any atom is -0.336 e. The molecule has 0 saturated heterocycles. The number of aromatic amines is 1. The van der Waals surface area contributed by atoms with Crippen molar-refractivity contribution in [2.75, 3.05) is 0 Å². The minimum atomic E-state index is 0.797. The summed E-state index contributed by atoms with van der Waals surface area (Å²) in [7, 11) is 0.